The molecule has 3 rings (SSSR count). The predicted molar refractivity (Wildman–Crippen MR) is 97.2 cm³/mol. The van der Waals surface area contributed by atoms with Crippen molar-refractivity contribution in [1.82, 2.24) is 20.4 Å². The van der Waals surface area contributed by atoms with E-state index in [2.05, 4.69) is 40.3 Å². The minimum atomic E-state index is -0.388. The molecule has 1 N–H and O–H groups in total. The van der Waals surface area contributed by atoms with Crippen LogP contribution < -0.4 is 5.32 Å². The average molecular weight is 347 g/mol. The van der Waals surface area contributed by atoms with E-state index in [1.54, 1.807) is 6.20 Å². The van der Waals surface area contributed by atoms with Crippen LogP contribution in [0.15, 0.2) is 54.9 Å². The number of nitrogens with one attached hydrogen (secondary N) is 1. The van der Waals surface area contributed by atoms with Gasteiger partial charge in [0.05, 0.1) is 17.7 Å². The lowest BCUT2D eigenvalue weighted by Gasteiger charge is -2.40. The Labute approximate surface area is 153 Å². The van der Waals surface area contributed by atoms with Crippen LogP contribution in [0, 0.1) is 17.2 Å². The lowest BCUT2D eigenvalue weighted by Crippen LogP contribution is -2.44. The Balaban J connectivity index is 2.00. The molecular weight excluding hydrogens is 326 g/mol. The third-order valence-corrected chi connectivity index (χ3v) is 4.33. The molecule has 132 valence electrons. The molecule has 1 aromatic carbocycles. The third-order valence-electron chi connectivity index (χ3n) is 4.33. The zero-order chi connectivity index (χ0) is 18.5. The van der Waals surface area contributed by atoms with Crippen LogP contribution in [0.25, 0.3) is 0 Å². The van der Waals surface area contributed by atoms with E-state index in [-0.39, 0.29) is 18.1 Å². The number of rotatable bonds is 5. The molecule has 1 aliphatic heterocycles. The topological polar surface area (TPSA) is 81.9 Å². The van der Waals surface area contributed by atoms with Crippen LogP contribution in [-0.4, -0.2) is 21.0 Å². The molecule has 2 aromatic rings. The molecular formula is C20H21N5O. The molecule has 0 spiro atoms. The minimum Gasteiger partial charge on any atom is -0.345 e. The maximum atomic E-state index is 11.9. The number of nitriles is 1. The molecule has 0 fully saturated rings. The smallest absolute Gasteiger partial charge is 0.247 e. The van der Waals surface area contributed by atoms with Gasteiger partial charge in [-0.15, -0.1) is 0 Å². The number of nitrogens with zero attached hydrogens (tertiary/aromatic N) is 4. The second-order valence-corrected chi connectivity index (χ2v) is 6.70. The number of hydrogen-bond acceptors (Lipinski definition) is 5. The van der Waals surface area contributed by atoms with Gasteiger partial charge in [-0.05, 0) is 42.2 Å². The lowest BCUT2D eigenvalue weighted by molar-refractivity contribution is -0.119. The van der Waals surface area contributed by atoms with E-state index in [4.69, 9.17) is 5.26 Å². The number of carbonyl (C=O) groups is 1. The number of hydrogen-bond donors (Lipinski definition) is 1. The zero-order valence-electron chi connectivity index (χ0n) is 14.8. The maximum absolute atomic E-state index is 11.9. The van der Waals surface area contributed by atoms with Gasteiger partial charge >= 0.3 is 0 Å². The fourth-order valence-corrected chi connectivity index (χ4v) is 3.12. The largest absolute Gasteiger partial charge is 0.345 e. The van der Waals surface area contributed by atoms with Gasteiger partial charge in [-0.1, -0.05) is 26.0 Å². The Morgan fingerprint density at radius 2 is 2.04 bits per heavy atom. The van der Waals surface area contributed by atoms with Crippen molar-refractivity contribution in [1.29, 1.82) is 5.26 Å². The number of benzene rings is 1. The summed E-state index contributed by atoms with van der Waals surface area (Å²) in [6.07, 6.45) is 5.47. The molecule has 26 heavy (non-hydrogen) atoms. The molecule has 1 aliphatic rings. The van der Waals surface area contributed by atoms with Crippen molar-refractivity contribution >= 4 is 5.91 Å². The summed E-state index contributed by atoms with van der Waals surface area (Å²) in [4.78, 5) is 14.1. The normalized spacial score (nSPS) is 17.7. The Morgan fingerprint density at radius 3 is 2.65 bits per heavy atom. The molecule has 6 heteroatoms. The van der Waals surface area contributed by atoms with E-state index in [1.807, 2.05) is 42.6 Å². The zero-order valence-corrected chi connectivity index (χ0v) is 14.8. The molecule has 1 aromatic heterocycles. The van der Waals surface area contributed by atoms with E-state index in [0.717, 1.165) is 12.0 Å². The van der Waals surface area contributed by atoms with Gasteiger partial charge in [0, 0.05) is 18.5 Å². The summed E-state index contributed by atoms with van der Waals surface area (Å²) in [7, 11) is 0. The highest BCUT2D eigenvalue weighted by molar-refractivity contribution is 5.88. The van der Waals surface area contributed by atoms with Crippen molar-refractivity contribution in [2.45, 2.75) is 32.5 Å². The fraction of sp³-hybridized carbons (Fsp3) is 0.300. The molecule has 1 amide bonds. The SMILES string of the molecule is CC(C)CC(c1ccc(C#N)cc1)N1C=CC(=O)NC1c1cccnn1. The van der Waals surface area contributed by atoms with Gasteiger partial charge in [0.1, 0.15) is 11.9 Å². The molecule has 2 heterocycles. The third kappa shape index (κ3) is 3.89. The van der Waals surface area contributed by atoms with Crippen LogP contribution in [0.4, 0.5) is 0 Å². The molecule has 0 bridgehead atoms. The summed E-state index contributed by atoms with van der Waals surface area (Å²) >= 11 is 0. The summed E-state index contributed by atoms with van der Waals surface area (Å²) in [6, 6.07) is 13.5. The highest BCUT2D eigenvalue weighted by Crippen LogP contribution is 2.35. The van der Waals surface area contributed by atoms with Gasteiger partial charge in [0.15, 0.2) is 0 Å². The van der Waals surface area contributed by atoms with Crippen LogP contribution in [0.5, 0.6) is 0 Å². The van der Waals surface area contributed by atoms with Gasteiger partial charge in [-0.25, -0.2) is 0 Å². The molecule has 0 radical (unpaired) electrons. The van der Waals surface area contributed by atoms with Crippen LogP contribution in [0.3, 0.4) is 0 Å². The first-order valence-corrected chi connectivity index (χ1v) is 8.62. The summed E-state index contributed by atoms with van der Waals surface area (Å²) in [6.45, 7) is 4.33. The van der Waals surface area contributed by atoms with Crippen LogP contribution in [0.1, 0.15) is 49.3 Å². The lowest BCUT2D eigenvalue weighted by atomic mass is 9.94. The van der Waals surface area contributed by atoms with Crippen molar-refractivity contribution in [3.05, 3.63) is 71.7 Å². The van der Waals surface area contributed by atoms with Gasteiger partial charge in [0.2, 0.25) is 5.91 Å². The quantitative estimate of drug-likeness (QED) is 0.899. The Hall–Kier alpha value is -3.20. The van der Waals surface area contributed by atoms with E-state index >= 15 is 0 Å². The second kappa shape index (κ2) is 7.79. The van der Waals surface area contributed by atoms with E-state index in [0.29, 0.717) is 17.2 Å². The Kier molecular flexibility index (Phi) is 5.28. The first-order chi connectivity index (χ1) is 12.6. The summed E-state index contributed by atoms with van der Waals surface area (Å²) in [5.74, 6) is 0.296. The molecule has 0 saturated carbocycles. The average Bonchev–Trinajstić information content (AvgIpc) is 2.67. The number of aromatic nitrogens is 2. The van der Waals surface area contributed by atoms with Gasteiger partial charge < -0.3 is 10.2 Å². The van der Waals surface area contributed by atoms with Crippen LogP contribution >= 0.6 is 0 Å². The van der Waals surface area contributed by atoms with E-state index in [9.17, 15) is 4.79 Å². The van der Waals surface area contributed by atoms with Crippen molar-refractivity contribution < 1.29 is 4.79 Å². The van der Waals surface area contributed by atoms with Gasteiger partial charge in [0.25, 0.3) is 0 Å². The highest BCUT2D eigenvalue weighted by atomic mass is 16.1. The second-order valence-electron chi connectivity index (χ2n) is 6.70. The van der Waals surface area contributed by atoms with Gasteiger partial charge in [-0.2, -0.15) is 15.5 Å². The van der Waals surface area contributed by atoms with Crippen molar-refractivity contribution in [3.63, 3.8) is 0 Å². The predicted octanol–water partition coefficient (Wildman–Crippen LogP) is 3.08. The van der Waals surface area contributed by atoms with Crippen molar-refractivity contribution in [2.24, 2.45) is 5.92 Å². The summed E-state index contributed by atoms with van der Waals surface area (Å²) < 4.78 is 0. The molecule has 0 aliphatic carbocycles. The fourth-order valence-electron chi connectivity index (χ4n) is 3.12. The number of carbonyl (C=O) groups excluding carboxylic acids is 1. The van der Waals surface area contributed by atoms with Crippen LogP contribution in [0.2, 0.25) is 0 Å². The minimum absolute atomic E-state index is 0.0339. The first kappa shape index (κ1) is 17.6. The maximum Gasteiger partial charge on any atom is 0.247 e. The molecule has 0 saturated heterocycles. The van der Waals surface area contributed by atoms with Crippen LogP contribution in [-0.2, 0) is 4.79 Å². The van der Waals surface area contributed by atoms with Crippen molar-refractivity contribution in [3.8, 4) is 6.07 Å². The monoisotopic (exact) mass is 347 g/mol. The van der Waals surface area contributed by atoms with E-state index < -0.39 is 0 Å². The molecule has 2 atom stereocenters. The van der Waals surface area contributed by atoms with Crippen molar-refractivity contribution in [2.75, 3.05) is 0 Å². The first-order valence-electron chi connectivity index (χ1n) is 8.62. The van der Waals surface area contributed by atoms with Gasteiger partial charge in [-0.3, -0.25) is 4.79 Å². The summed E-state index contributed by atoms with van der Waals surface area (Å²) in [5.41, 5.74) is 2.41. The Morgan fingerprint density at radius 1 is 1.27 bits per heavy atom. The standard InChI is InChI=1S/C20H21N5O/c1-14(2)12-18(16-7-5-15(13-21)6-8-16)25-11-9-19(26)23-20(25)17-4-3-10-22-24-17/h3-11,14,18,20H,12H2,1-2H3,(H,23,26). The number of amides is 1. The highest BCUT2D eigenvalue weighted by Gasteiger charge is 2.31. The summed E-state index contributed by atoms with van der Waals surface area (Å²) in [5, 5.41) is 20.2. The van der Waals surface area contributed by atoms with E-state index in [1.165, 1.54) is 6.08 Å². The molecule has 6 nitrogen and oxygen atoms in total. The molecule has 2 unspecified atom stereocenters. The Bertz CT molecular complexity index is 824.